The molecule has 0 amide bonds. The summed E-state index contributed by atoms with van der Waals surface area (Å²) in [6.45, 7) is 7.15. The molecule has 0 aromatic rings. The Morgan fingerprint density at radius 2 is 1.95 bits per heavy atom. The first-order chi connectivity index (χ1) is 9.13. The molecule has 112 valence electrons. The average molecular weight is 271 g/mol. The minimum atomic E-state index is -0.144. The Labute approximate surface area is 117 Å². The van der Waals surface area contributed by atoms with E-state index in [1.807, 2.05) is 0 Å². The minimum Gasteiger partial charge on any atom is -0.468 e. The first kappa shape index (κ1) is 16.4. The third-order valence-electron chi connectivity index (χ3n) is 3.76. The van der Waals surface area contributed by atoms with E-state index in [9.17, 15) is 4.79 Å². The third-order valence-corrected chi connectivity index (χ3v) is 3.76. The van der Waals surface area contributed by atoms with Gasteiger partial charge in [-0.15, -0.1) is 0 Å². The Hall–Kier alpha value is -0.610. The van der Waals surface area contributed by atoms with Crippen LogP contribution in [0.25, 0.3) is 0 Å². The van der Waals surface area contributed by atoms with Crippen LogP contribution in [0.4, 0.5) is 0 Å². The molecule has 1 saturated carbocycles. The lowest BCUT2D eigenvalue weighted by Crippen LogP contribution is -2.40. The highest BCUT2D eigenvalue weighted by atomic mass is 16.5. The molecular formula is C15H29NO3. The van der Waals surface area contributed by atoms with E-state index in [4.69, 9.17) is 9.47 Å². The smallest absolute Gasteiger partial charge is 0.319 e. The van der Waals surface area contributed by atoms with Crippen LogP contribution in [0.15, 0.2) is 0 Å². The van der Waals surface area contributed by atoms with Crippen molar-refractivity contribution < 1.29 is 14.3 Å². The number of nitrogens with zero attached hydrogens (tertiary/aromatic N) is 1. The van der Waals surface area contributed by atoms with Gasteiger partial charge in [0.25, 0.3) is 0 Å². The number of carbonyl (C=O) groups is 1. The van der Waals surface area contributed by atoms with Crippen LogP contribution in [-0.4, -0.2) is 50.3 Å². The zero-order valence-corrected chi connectivity index (χ0v) is 12.7. The quantitative estimate of drug-likeness (QED) is 0.477. The van der Waals surface area contributed by atoms with Crippen LogP contribution < -0.4 is 0 Å². The van der Waals surface area contributed by atoms with Gasteiger partial charge >= 0.3 is 5.97 Å². The molecule has 0 atom stereocenters. The number of hydrogen-bond acceptors (Lipinski definition) is 4. The van der Waals surface area contributed by atoms with Crippen molar-refractivity contribution in [2.45, 2.75) is 52.0 Å². The molecule has 1 aliphatic carbocycles. The van der Waals surface area contributed by atoms with Gasteiger partial charge in [0.05, 0.1) is 20.3 Å². The highest BCUT2D eigenvalue weighted by Gasteiger charge is 2.24. The highest BCUT2D eigenvalue weighted by Crippen LogP contribution is 2.23. The molecule has 19 heavy (non-hydrogen) atoms. The first-order valence-corrected chi connectivity index (χ1v) is 7.52. The van der Waals surface area contributed by atoms with E-state index < -0.39 is 0 Å². The van der Waals surface area contributed by atoms with Crippen molar-refractivity contribution in [3.8, 4) is 0 Å². The lowest BCUT2D eigenvalue weighted by atomic mass is 10.1. The number of hydrogen-bond donors (Lipinski definition) is 0. The number of methoxy groups -OCH3 is 1. The fraction of sp³-hybridized carbons (Fsp3) is 0.933. The summed E-state index contributed by atoms with van der Waals surface area (Å²) in [7, 11) is 1.45. The predicted octanol–water partition coefficient (Wildman–Crippen LogP) is 2.47. The molecule has 1 fully saturated rings. The highest BCUT2D eigenvalue weighted by molar-refractivity contribution is 5.71. The van der Waals surface area contributed by atoms with Crippen molar-refractivity contribution in [1.82, 2.24) is 4.90 Å². The molecule has 4 heteroatoms. The summed E-state index contributed by atoms with van der Waals surface area (Å²) in [5, 5.41) is 0. The van der Waals surface area contributed by atoms with E-state index in [0.717, 1.165) is 19.6 Å². The summed E-state index contributed by atoms with van der Waals surface area (Å²) in [5.74, 6) is 0.537. The molecule has 4 nitrogen and oxygen atoms in total. The number of ether oxygens (including phenoxy) is 2. The Bertz CT molecular complexity index is 250. The second-order valence-corrected chi connectivity index (χ2v) is 5.78. The van der Waals surface area contributed by atoms with Gasteiger partial charge in [-0.25, -0.2) is 0 Å². The molecule has 0 heterocycles. The molecule has 0 spiro atoms. The van der Waals surface area contributed by atoms with Crippen molar-refractivity contribution in [3.05, 3.63) is 0 Å². The molecule has 0 radical (unpaired) electrons. The lowest BCUT2D eigenvalue weighted by molar-refractivity contribution is -0.142. The maximum Gasteiger partial charge on any atom is 0.319 e. The molecule has 1 rings (SSSR count). The predicted molar refractivity (Wildman–Crippen MR) is 76.1 cm³/mol. The maximum atomic E-state index is 11.5. The van der Waals surface area contributed by atoms with Crippen LogP contribution in [0.1, 0.15) is 46.0 Å². The summed E-state index contributed by atoms with van der Waals surface area (Å²) < 4.78 is 10.4. The van der Waals surface area contributed by atoms with Gasteiger partial charge in [0.1, 0.15) is 0 Å². The largest absolute Gasteiger partial charge is 0.468 e. The SMILES string of the molecule is COC(=O)CN(CCOCCC(C)C)C1CCCC1. The third kappa shape index (κ3) is 6.92. The molecule has 0 bridgehead atoms. The van der Waals surface area contributed by atoms with Gasteiger partial charge in [-0.3, -0.25) is 9.69 Å². The van der Waals surface area contributed by atoms with Crippen LogP contribution >= 0.6 is 0 Å². The Morgan fingerprint density at radius 3 is 2.53 bits per heavy atom. The van der Waals surface area contributed by atoms with Crippen molar-refractivity contribution in [1.29, 1.82) is 0 Å². The van der Waals surface area contributed by atoms with Gasteiger partial charge in [0, 0.05) is 19.2 Å². The van der Waals surface area contributed by atoms with Crippen LogP contribution in [0, 0.1) is 5.92 Å². The molecule has 0 saturated heterocycles. The second-order valence-electron chi connectivity index (χ2n) is 5.78. The Morgan fingerprint density at radius 1 is 1.26 bits per heavy atom. The van der Waals surface area contributed by atoms with E-state index in [1.165, 1.54) is 32.8 Å². The average Bonchev–Trinajstić information content (AvgIpc) is 2.90. The molecule has 0 aromatic heterocycles. The fourth-order valence-electron chi connectivity index (χ4n) is 2.49. The Balaban J connectivity index is 2.26. The van der Waals surface area contributed by atoms with E-state index in [-0.39, 0.29) is 5.97 Å². The van der Waals surface area contributed by atoms with Gasteiger partial charge in [-0.2, -0.15) is 0 Å². The second kappa shape index (κ2) is 9.32. The standard InChI is InChI=1S/C15H29NO3/c1-13(2)8-10-19-11-9-16(12-15(17)18-3)14-6-4-5-7-14/h13-14H,4-12H2,1-3H3. The van der Waals surface area contributed by atoms with E-state index in [2.05, 4.69) is 18.7 Å². The number of esters is 1. The summed E-state index contributed by atoms with van der Waals surface area (Å²) in [6, 6.07) is 0.535. The zero-order valence-electron chi connectivity index (χ0n) is 12.7. The molecule has 1 aliphatic rings. The van der Waals surface area contributed by atoms with Gasteiger partial charge in [0.2, 0.25) is 0 Å². The van der Waals surface area contributed by atoms with Crippen molar-refractivity contribution in [2.24, 2.45) is 5.92 Å². The fourth-order valence-corrected chi connectivity index (χ4v) is 2.49. The molecule has 0 unspecified atom stereocenters. The summed E-state index contributed by atoms with van der Waals surface area (Å²) in [5.41, 5.74) is 0. The van der Waals surface area contributed by atoms with Crippen molar-refractivity contribution in [2.75, 3.05) is 33.4 Å². The number of carbonyl (C=O) groups excluding carboxylic acids is 1. The van der Waals surface area contributed by atoms with E-state index in [1.54, 1.807) is 0 Å². The van der Waals surface area contributed by atoms with Gasteiger partial charge in [0.15, 0.2) is 0 Å². The van der Waals surface area contributed by atoms with E-state index >= 15 is 0 Å². The molecule has 0 aromatic carbocycles. The van der Waals surface area contributed by atoms with Crippen molar-refractivity contribution >= 4 is 5.97 Å². The minimum absolute atomic E-state index is 0.144. The first-order valence-electron chi connectivity index (χ1n) is 7.52. The van der Waals surface area contributed by atoms with Crippen LogP contribution in [0.2, 0.25) is 0 Å². The van der Waals surface area contributed by atoms with Gasteiger partial charge in [-0.1, -0.05) is 26.7 Å². The normalized spacial score (nSPS) is 16.5. The maximum absolute atomic E-state index is 11.5. The van der Waals surface area contributed by atoms with Crippen LogP contribution in [-0.2, 0) is 14.3 Å². The van der Waals surface area contributed by atoms with Gasteiger partial charge < -0.3 is 9.47 Å². The van der Waals surface area contributed by atoms with Crippen molar-refractivity contribution in [3.63, 3.8) is 0 Å². The van der Waals surface area contributed by atoms with Gasteiger partial charge in [-0.05, 0) is 25.2 Å². The summed E-state index contributed by atoms with van der Waals surface area (Å²) >= 11 is 0. The lowest BCUT2D eigenvalue weighted by Gasteiger charge is -2.27. The molecular weight excluding hydrogens is 242 g/mol. The number of rotatable bonds is 9. The molecule has 0 aliphatic heterocycles. The Kier molecular flexibility index (Phi) is 8.07. The van der Waals surface area contributed by atoms with Crippen LogP contribution in [0.3, 0.4) is 0 Å². The monoisotopic (exact) mass is 271 g/mol. The van der Waals surface area contributed by atoms with Crippen LogP contribution in [0.5, 0.6) is 0 Å². The summed E-state index contributed by atoms with van der Waals surface area (Å²) in [4.78, 5) is 13.7. The van der Waals surface area contributed by atoms with E-state index in [0.29, 0.717) is 25.1 Å². The molecule has 0 N–H and O–H groups in total. The topological polar surface area (TPSA) is 38.8 Å². The summed E-state index contributed by atoms with van der Waals surface area (Å²) in [6.07, 6.45) is 6.04. The zero-order chi connectivity index (χ0) is 14.1.